The van der Waals surface area contributed by atoms with Gasteiger partial charge in [-0.25, -0.2) is 9.37 Å². The van der Waals surface area contributed by atoms with Crippen molar-refractivity contribution in [3.05, 3.63) is 51.0 Å². The summed E-state index contributed by atoms with van der Waals surface area (Å²) in [5.74, 6) is -0.629. The van der Waals surface area contributed by atoms with Crippen LogP contribution in [0.1, 0.15) is 5.56 Å². The van der Waals surface area contributed by atoms with E-state index in [9.17, 15) is 14.0 Å². The maximum absolute atomic E-state index is 13.7. The quantitative estimate of drug-likeness (QED) is 0.630. The monoisotopic (exact) mass is 356 g/mol. The lowest BCUT2D eigenvalue weighted by Gasteiger charge is -2.18. The van der Waals surface area contributed by atoms with E-state index >= 15 is 0 Å². The Balaban J connectivity index is 1.99. The Morgan fingerprint density at radius 3 is 2.91 bits per heavy atom. The van der Waals surface area contributed by atoms with E-state index in [2.05, 4.69) is 9.97 Å². The third-order valence-electron chi connectivity index (χ3n) is 2.95. The van der Waals surface area contributed by atoms with Gasteiger partial charge in [0.25, 0.3) is 5.56 Å². The third kappa shape index (κ3) is 4.70. The minimum absolute atomic E-state index is 0.0228. The van der Waals surface area contributed by atoms with Crippen LogP contribution in [0, 0.1) is 5.82 Å². The molecule has 23 heavy (non-hydrogen) atoms. The number of carbonyl (C=O) groups excluding carboxylic acids is 1. The Morgan fingerprint density at radius 1 is 1.52 bits per heavy atom. The Hall–Kier alpha value is -2.06. The molecule has 6 nitrogen and oxygen atoms in total. The summed E-state index contributed by atoms with van der Waals surface area (Å²) in [5.41, 5.74) is 5.33. The molecule has 1 aromatic carbocycles. The number of nitrogens with two attached hydrogens (primary N) is 1. The number of nitrogens with zero attached hydrogens (tertiary/aromatic N) is 2. The van der Waals surface area contributed by atoms with Crippen LogP contribution in [0.3, 0.4) is 0 Å². The molecule has 0 bridgehead atoms. The molecule has 1 amide bonds. The van der Waals surface area contributed by atoms with E-state index in [0.29, 0.717) is 0 Å². The van der Waals surface area contributed by atoms with E-state index < -0.39 is 5.82 Å². The summed E-state index contributed by atoms with van der Waals surface area (Å²) in [6, 6.07) is 5.50. The molecule has 0 unspecified atom stereocenters. The van der Waals surface area contributed by atoms with Crippen molar-refractivity contribution in [2.45, 2.75) is 11.7 Å². The normalized spacial score (nSPS) is 10.6. The molecule has 9 heteroatoms. The first kappa shape index (κ1) is 17.3. The van der Waals surface area contributed by atoms with Crippen LogP contribution in [-0.4, -0.2) is 33.6 Å². The zero-order chi connectivity index (χ0) is 17.0. The lowest BCUT2D eigenvalue weighted by atomic mass is 10.2. The molecule has 0 fully saturated rings. The number of halogens is 2. The van der Waals surface area contributed by atoms with Crippen molar-refractivity contribution in [2.75, 3.05) is 18.5 Å². The maximum atomic E-state index is 13.7. The van der Waals surface area contributed by atoms with Crippen molar-refractivity contribution in [3.8, 4) is 0 Å². The molecule has 0 saturated heterocycles. The number of carbonyl (C=O) groups is 1. The van der Waals surface area contributed by atoms with E-state index in [4.69, 9.17) is 17.3 Å². The number of H-pyrrole nitrogens is 1. The van der Waals surface area contributed by atoms with Crippen LogP contribution < -0.4 is 11.3 Å². The van der Waals surface area contributed by atoms with Crippen molar-refractivity contribution in [1.82, 2.24) is 14.9 Å². The van der Waals surface area contributed by atoms with Gasteiger partial charge in [-0.15, -0.1) is 0 Å². The minimum atomic E-state index is -0.466. The number of aromatic nitrogens is 2. The average molecular weight is 357 g/mol. The zero-order valence-corrected chi connectivity index (χ0v) is 13.7. The lowest BCUT2D eigenvalue weighted by molar-refractivity contribution is -0.127. The fourth-order valence-electron chi connectivity index (χ4n) is 1.77. The maximum Gasteiger partial charge on any atom is 0.253 e. The molecule has 2 aromatic rings. The van der Waals surface area contributed by atoms with Crippen LogP contribution in [0.2, 0.25) is 5.02 Å². The molecule has 2 rings (SSSR count). The third-order valence-corrected chi connectivity index (χ3v) is 4.17. The van der Waals surface area contributed by atoms with E-state index in [-0.39, 0.29) is 45.3 Å². The summed E-state index contributed by atoms with van der Waals surface area (Å²) in [7, 11) is 1.54. The molecule has 0 atom stereocenters. The highest BCUT2D eigenvalue weighted by Crippen LogP contribution is 2.21. The number of anilines is 1. The van der Waals surface area contributed by atoms with Crippen LogP contribution in [0.15, 0.2) is 34.2 Å². The summed E-state index contributed by atoms with van der Waals surface area (Å²) in [4.78, 5) is 31.1. The van der Waals surface area contributed by atoms with Gasteiger partial charge in [0.2, 0.25) is 5.91 Å². The van der Waals surface area contributed by atoms with E-state index in [1.165, 1.54) is 17.0 Å². The molecule has 1 aromatic heterocycles. The lowest BCUT2D eigenvalue weighted by Crippen LogP contribution is -2.28. The predicted octanol–water partition coefficient (Wildman–Crippen LogP) is 1.90. The number of hydrogen-bond acceptors (Lipinski definition) is 5. The van der Waals surface area contributed by atoms with Gasteiger partial charge in [0, 0.05) is 30.2 Å². The van der Waals surface area contributed by atoms with Gasteiger partial charge < -0.3 is 15.6 Å². The molecular formula is C14H14ClFN4O2S. The van der Waals surface area contributed by atoms with Gasteiger partial charge >= 0.3 is 0 Å². The first-order valence-corrected chi connectivity index (χ1v) is 7.89. The Labute approximate surface area is 140 Å². The van der Waals surface area contributed by atoms with Gasteiger partial charge in [0.1, 0.15) is 11.6 Å². The molecule has 1 heterocycles. The van der Waals surface area contributed by atoms with E-state index in [0.717, 1.165) is 17.8 Å². The minimum Gasteiger partial charge on any atom is -0.383 e. The highest BCUT2D eigenvalue weighted by Gasteiger charge is 2.15. The summed E-state index contributed by atoms with van der Waals surface area (Å²) in [6.45, 7) is 0.0474. The second-order valence-electron chi connectivity index (χ2n) is 4.71. The van der Waals surface area contributed by atoms with Crippen LogP contribution in [0.4, 0.5) is 10.2 Å². The number of benzene rings is 1. The highest BCUT2D eigenvalue weighted by molar-refractivity contribution is 7.99. The molecule has 0 aliphatic rings. The van der Waals surface area contributed by atoms with Crippen LogP contribution in [0.25, 0.3) is 0 Å². The molecule has 0 spiro atoms. The average Bonchev–Trinajstić information content (AvgIpc) is 2.47. The van der Waals surface area contributed by atoms with Crippen molar-refractivity contribution in [2.24, 2.45) is 0 Å². The summed E-state index contributed by atoms with van der Waals surface area (Å²) >= 11 is 6.98. The highest BCUT2D eigenvalue weighted by atomic mass is 35.5. The van der Waals surface area contributed by atoms with Crippen LogP contribution in [-0.2, 0) is 11.3 Å². The SMILES string of the molecule is CN(Cc1c(F)cccc1Cl)C(=O)CSc1nc(N)cc(=O)[nH]1. The molecule has 0 aliphatic heterocycles. The number of nitrogen functional groups attached to an aromatic ring is 1. The van der Waals surface area contributed by atoms with E-state index in [1.807, 2.05) is 0 Å². The Bertz CT molecular complexity index is 763. The fraction of sp³-hybridized carbons (Fsp3) is 0.214. The van der Waals surface area contributed by atoms with Crippen molar-refractivity contribution in [3.63, 3.8) is 0 Å². The Morgan fingerprint density at radius 2 is 2.26 bits per heavy atom. The molecule has 0 radical (unpaired) electrons. The molecule has 3 N–H and O–H groups in total. The number of aromatic amines is 1. The first-order chi connectivity index (χ1) is 10.9. The van der Waals surface area contributed by atoms with Gasteiger partial charge in [-0.1, -0.05) is 29.4 Å². The Kier molecular flexibility index (Phi) is 5.62. The number of thioether (sulfide) groups is 1. The number of amides is 1. The largest absolute Gasteiger partial charge is 0.383 e. The fourth-order valence-corrected chi connectivity index (χ4v) is 2.82. The van der Waals surface area contributed by atoms with Gasteiger partial charge in [0.05, 0.1) is 5.75 Å². The molecule has 122 valence electrons. The predicted molar refractivity (Wildman–Crippen MR) is 87.9 cm³/mol. The summed E-state index contributed by atoms with van der Waals surface area (Å²) < 4.78 is 13.7. The van der Waals surface area contributed by atoms with Gasteiger partial charge in [-0.3, -0.25) is 9.59 Å². The van der Waals surface area contributed by atoms with Crippen molar-refractivity contribution < 1.29 is 9.18 Å². The molecule has 0 aliphatic carbocycles. The van der Waals surface area contributed by atoms with Gasteiger partial charge in [-0.05, 0) is 12.1 Å². The zero-order valence-electron chi connectivity index (χ0n) is 12.2. The van der Waals surface area contributed by atoms with Crippen molar-refractivity contribution >= 4 is 35.1 Å². The standard InChI is InChI=1S/C14H14ClFN4O2S/c1-20(6-8-9(15)3-2-4-10(8)16)13(22)7-23-14-18-11(17)5-12(21)19-14/h2-5H,6-7H2,1H3,(H3,17,18,19,21). The van der Waals surface area contributed by atoms with Crippen LogP contribution in [0.5, 0.6) is 0 Å². The van der Waals surface area contributed by atoms with Gasteiger partial charge in [-0.2, -0.15) is 0 Å². The number of rotatable bonds is 5. The smallest absolute Gasteiger partial charge is 0.253 e. The first-order valence-electron chi connectivity index (χ1n) is 6.53. The topological polar surface area (TPSA) is 92.1 Å². The number of hydrogen-bond donors (Lipinski definition) is 2. The summed E-state index contributed by atoms with van der Waals surface area (Å²) in [5, 5.41) is 0.514. The van der Waals surface area contributed by atoms with Gasteiger partial charge in [0.15, 0.2) is 5.16 Å². The second-order valence-corrected chi connectivity index (χ2v) is 6.09. The molecular weight excluding hydrogens is 343 g/mol. The second kappa shape index (κ2) is 7.47. The molecule has 0 saturated carbocycles. The van der Waals surface area contributed by atoms with E-state index in [1.54, 1.807) is 13.1 Å². The van der Waals surface area contributed by atoms with Crippen LogP contribution >= 0.6 is 23.4 Å². The summed E-state index contributed by atoms with van der Waals surface area (Å²) in [6.07, 6.45) is 0. The number of nitrogens with one attached hydrogen (secondary N) is 1. The van der Waals surface area contributed by atoms with Crippen molar-refractivity contribution in [1.29, 1.82) is 0 Å².